The number of carbonyl (C=O) groups excluding carboxylic acids is 1. The van der Waals surface area contributed by atoms with E-state index in [1.54, 1.807) is 12.1 Å². The van der Waals surface area contributed by atoms with E-state index in [2.05, 4.69) is 26.3 Å². The number of amides is 1. The summed E-state index contributed by atoms with van der Waals surface area (Å²) in [5.41, 5.74) is 3.72. The molecule has 0 aliphatic rings. The zero-order chi connectivity index (χ0) is 24.1. The normalized spacial score (nSPS) is 10.8. The maximum Gasteiger partial charge on any atom is 0.291 e. The van der Waals surface area contributed by atoms with Gasteiger partial charge in [0.05, 0.1) is 29.0 Å². The van der Waals surface area contributed by atoms with Crippen molar-refractivity contribution in [1.82, 2.24) is 9.78 Å². The molecule has 0 bridgehead atoms. The molecule has 1 amide bonds. The lowest BCUT2D eigenvalue weighted by Crippen LogP contribution is -2.11. The van der Waals surface area contributed by atoms with Gasteiger partial charge >= 0.3 is 0 Å². The molecule has 4 rings (SSSR count). The number of nitrogens with one attached hydrogen (secondary N) is 1. The van der Waals surface area contributed by atoms with Gasteiger partial charge in [-0.1, -0.05) is 12.1 Å². The van der Waals surface area contributed by atoms with Crippen molar-refractivity contribution < 1.29 is 18.7 Å². The number of ether oxygens (including phenoxy) is 2. The van der Waals surface area contributed by atoms with E-state index in [4.69, 9.17) is 13.9 Å². The van der Waals surface area contributed by atoms with E-state index in [0.29, 0.717) is 30.3 Å². The highest BCUT2D eigenvalue weighted by molar-refractivity contribution is 9.10. The lowest BCUT2D eigenvalue weighted by atomic mass is 10.2. The monoisotopic (exact) mass is 523 g/mol. The summed E-state index contributed by atoms with van der Waals surface area (Å²) < 4.78 is 19.8. The number of hydrogen-bond donors (Lipinski definition) is 1. The van der Waals surface area contributed by atoms with Gasteiger partial charge in [0.25, 0.3) is 5.91 Å². The van der Waals surface area contributed by atoms with Gasteiger partial charge in [-0.15, -0.1) is 0 Å². The predicted molar refractivity (Wildman–Crippen MR) is 134 cm³/mol. The lowest BCUT2D eigenvalue weighted by molar-refractivity contribution is 0.0992. The number of rotatable bonds is 9. The van der Waals surface area contributed by atoms with Crippen molar-refractivity contribution >= 4 is 27.5 Å². The first kappa shape index (κ1) is 23.6. The van der Waals surface area contributed by atoms with Crippen LogP contribution in [-0.2, 0) is 13.2 Å². The van der Waals surface area contributed by atoms with Crippen LogP contribution in [-0.4, -0.2) is 22.3 Å². The van der Waals surface area contributed by atoms with Crippen LogP contribution in [0.25, 0.3) is 0 Å². The second kappa shape index (κ2) is 10.6. The number of aryl methyl sites for hydroxylation is 1. The lowest BCUT2D eigenvalue weighted by Gasteiger charge is -2.08. The summed E-state index contributed by atoms with van der Waals surface area (Å²) in [5.74, 6) is 1.94. The topological polar surface area (TPSA) is 78.5 Å². The second-order valence-electron chi connectivity index (χ2n) is 7.76. The Morgan fingerprint density at radius 2 is 1.79 bits per heavy atom. The molecule has 0 saturated heterocycles. The average Bonchev–Trinajstić information content (AvgIpc) is 3.40. The molecule has 4 aromatic rings. The van der Waals surface area contributed by atoms with Crippen molar-refractivity contribution in [2.24, 2.45) is 0 Å². The third-order valence-electron chi connectivity index (χ3n) is 5.21. The SMILES string of the molecule is CCOc1ccc(OCc2ccc(C(=O)Nc3cccc(Cn4nc(C)c(Br)c4C)c3)o2)cc1. The molecule has 2 aromatic carbocycles. The third kappa shape index (κ3) is 5.69. The fourth-order valence-corrected chi connectivity index (χ4v) is 3.76. The van der Waals surface area contributed by atoms with Crippen LogP contribution in [0.1, 0.15) is 40.2 Å². The molecular formula is C26H26BrN3O4. The highest BCUT2D eigenvalue weighted by atomic mass is 79.9. The molecule has 2 aromatic heterocycles. The number of hydrogen-bond acceptors (Lipinski definition) is 5. The van der Waals surface area contributed by atoms with Crippen LogP contribution in [0.15, 0.2) is 69.6 Å². The first-order chi connectivity index (χ1) is 16.4. The van der Waals surface area contributed by atoms with Gasteiger partial charge in [0.15, 0.2) is 5.76 Å². The molecule has 0 radical (unpaired) electrons. The standard InChI is InChI=1S/C26H26BrN3O4/c1-4-32-21-8-10-22(11-9-21)33-16-23-12-13-24(34-23)26(31)28-20-7-5-6-19(14-20)15-30-18(3)25(27)17(2)29-30/h5-14H,4,15-16H2,1-3H3,(H,28,31). The molecule has 0 saturated carbocycles. The smallest absolute Gasteiger partial charge is 0.291 e. The van der Waals surface area contributed by atoms with Gasteiger partial charge in [-0.05, 0) is 90.8 Å². The van der Waals surface area contributed by atoms with Crippen LogP contribution in [0.3, 0.4) is 0 Å². The highest BCUT2D eigenvalue weighted by Crippen LogP contribution is 2.22. The molecule has 1 N–H and O–H groups in total. The van der Waals surface area contributed by atoms with Crippen LogP contribution in [0.4, 0.5) is 5.69 Å². The van der Waals surface area contributed by atoms with E-state index in [9.17, 15) is 4.79 Å². The predicted octanol–water partition coefficient (Wildman–Crippen LogP) is 6.13. The number of nitrogens with zero attached hydrogens (tertiary/aromatic N) is 2. The van der Waals surface area contributed by atoms with E-state index in [-0.39, 0.29) is 18.3 Å². The van der Waals surface area contributed by atoms with Gasteiger partial charge in [-0.25, -0.2) is 0 Å². The van der Waals surface area contributed by atoms with Crippen molar-refractivity contribution in [3.05, 3.63) is 93.6 Å². The molecular weight excluding hydrogens is 498 g/mol. The highest BCUT2D eigenvalue weighted by Gasteiger charge is 2.13. The van der Waals surface area contributed by atoms with Crippen LogP contribution in [0, 0.1) is 13.8 Å². The minimum Gasteiger partial charge on any atom is -0.494 e. The molecule has 0 aliphatic heterocycles. The molecule has 34 heavy (non-hydrogen) atoms. The summed E-state index contributed by atoms with van der Waals surface area (Å²) >= 11 is 3.56. The number of furan rings is 1. The number of aromatic nitrogens is 2. The Labute approximate surface area is 206 Å². The van der Waals surface area contributed by atoms with E-state index in [1.165, 1.54) is 0 Å². The van der Waals surface area contributed by atoms with Crippen LogP contribution in [0.5, 0.6) is 11.5 Å². The fraction of sp³-hybridized carbons (Fsp3) is 0.231. The number of carbonyl (C=O) groups is 1. The summed E-state index contributed by atoms with van der Waals surface area (Å²) in [6.45, 7) is 7.36. The number of benzene rings is 2. The molecule has 0 spiro atoms. The number of halogens is 1. The Bertz CT molecular complexity index is 1280. The summed E-state index contributed by atoms with van der Waals surface area (Å²) in [7, 11) is 0. The van der Waals surface area contributed by atoms with Crippen LogP contribution >= 0.6 is 15.9 Å². The summed E-state index contributed by atoms with van der Waals surface area (Å²) in [6, 6.07) is 18.4. The Morgan fingerprint density at radius 3 is 2.47 bits per heavy atom. The molecule has 8 heteroatoms. The van der Waals surface area contributed by atoms with E-state index < -0.39 is 0 Å². The fourth-order valence-electron chi connectivity index (χ4n) is 3.47. The van der Waals surface area contributed by atoms with E-state index in [1.807, 2.05) is 74.0 Å². The summed E-state index contributed by atoms with van der Waals surface area (Å²) in [5, 5.41) is 7.44. The molecule has 0 atom stereocenters. The van der Waals surface area contributed by atoms with Crippen molar-refractivity contribution in [2.45, 2.75) is 33.9 Å². The van der Waals surface area contributed by atoms with Crippen LogP contribution < -0.4 is 14.8 Å². The average molecular weight is 524 g/mol. The maximum absolute atomic E-state index is 12.7. The zero-order valence-electron chi connectivity index (χ0n) is 19.3. The van der Waals surface area contributed by atoms with Gasteiger partial charge in [-0.2, -0.15) is 5.10 Å². The van der Waals surface area contributed by atoms with Crippen LogP contribution in [0.2, 0.25) is 0 Å². The Hall–Kier alpha value is -3.52. The zero-order valence-corrected chi connectivity index (χ0v) is 20.9. The van der Waals surface area contributed by atoms with Crippen molar-refractivity contribution in [3.63, 3.8) is 0 Å². The first-order valence-electron chi connectivity index (χ1n) is 11.0. The summed E-state index contributed by atoms with van der Waals surface area (Å²) in [4.78, 5) is 12.7. The Balaban J connectivity index is 1.35. The molecule has 7 nitrogen and oxygen atoms in total. The Kier molecular flexibility index (Phi) is 7.37. The maximum atomic E-state index is 12.7. The molecule has 0 aliphatic carbocycles. The van der Waals surface area contributed by atoms with Gasteiger partial charge in [0.1, 0.15) is 23.9 Å². The minimum atomic E-state index is -0.321. The largest absolute Gasteiger partial charge is 0.494 e. The van der Waals surface area contributed by atoms with Crippen molar-refractivity contribution in [2.75, 3.05) is 11.9 Å². The van der Waals surface area contributed by atoms with E-state index in [0.717, 1.165) is 27.2 Å². The van der Waals surface area contributed by atoms with Gasteiger partial charge in [0, 0.05) is 5.69 Å². The molecule has 0 fully saturated rings. The minimum absolute atomic E-state index is 0.217. The second-order valence-corrected chi connectivity index (χ2v) is 8.55. The molecule has 0 unspecified atom stereocenters. The Morgan fingerprint density at radius 1 is 1.06 bits per heavy atom. The van der Waals surface area contributed by atoms with Gasteiger partial charge in [-0.3, -0.25) is 9.48 Å². The van der Waals surface area contributed by atoms with Gasteiger partial charge < -0.3 is 19.2 Å². The molecule has 176 valence electrons. The van der Waals surface area contributed by atoms with E-state index >= 15 is 0 Å². The van der Waals surface area contributed by atoms with Gasteiger partial charge in [0.2, 0.25) is 0 Å². The third-order valence-corrected chi connectivity index (χ3v) is 6.36. The first-order valence-corrected chi connectivity index (χ1v) is 11.8. The number of anilines is 1. The van der Waals surface area contributed by atoms with Crippen molar-refractivity contribution in [3.8, 4) is 11.5 Å². The quantitative estimate of drug-likeness (QED) is 0.285. The molecule has 2 heterocycles. The van der Waals surface area contributed by atoms with Crippen molar-refractivity contribution in [1.29, 1.82) is 0 Å². The summed E-state index contributed by atoms with van der Waals surface area (Å²) in [6.07, 6.45) is 0.